The number of para-hydroxylation sites is 1. The Hall–Kier alpha value is -1.80. The number of aromatic nitrogens is 2. The van der Waals surface area contributed by atoms with Crippen molar-refractivity contribution in [3.05, 3.63) is 30.3 Å². The van der Waals surface area contributed by atoms with Crippen LogP contribution in [0.5, 0.6) is 0 Å². The number of anilines is 2. The van der Waals surface area contributed by atoms with E-state index in [4.69, 9.17) is 0 Å². The summed E-state index contributed by atoms with van der Waals surface area (Å²) in [5.41, 5.74) is 1.22. The summed E-state index contributed by atoms with van der Waals surface area (Å²) in [6.07, 6.45) is 0. The van der Waals surface area contributed by atoms with Crippen LogP contribution in [0.3, 0.4) is 0 Å². The molecule has 1 saturated heterocycles. The lowest BCUT2D eigenvalue weighted by Crippen LogP contribution is -2.50. The molecule has 1 aromatic carbocycles. The largest absolute Gasteiger partial charge is 0.368 e. The normalized spacial score (nSPS) is 15.9. The molecule has 6 nitrogen and oxygen atoms in total. The predicted octanol–water partition coefficient (Wildman–Crippen LogP) is 2.80. The first-order valence-electron chi connectivity index (χ1n) is 8.50. The van der Waals surface area contributed by atoms with Gasteiger partial charge >= 0.3 is 0 Å². The van der Waals surface area contributed by atoms with E-state index in [9.17, 15) is 4.79 Å². The van der Waals surface area contributed by atoms with Crippen molar-refractivity contribution in [3.8, 4) is 0 Å². The van der Waals surface area contributed by atoms with Crippen LogP contribution < -0.4 is 10.2 Å². The van der Waals surface area contributed by atoms with Crippen LogP contribution >= 0.6 is 23.1 Å². The van der Waals surface area contributed by atoms with Crippen LogP contribution in [0.15, 0.2) is 34.7 Å². The van der Waals surface area contributed by atoms with Crippen LogP contribution in [0.4, 0.5) is 10.8 Å². The van der Waals surface area contributed by atoms with Gasteiger partial charge in [0, 0.05) is 38.4 Å². The number of hydrogen-bond donors (Lipinski definition) is 1. The molecule has 25 heavy (non-hydrogen) atoms. The van der Waals surface area contributed by atoms with Crippen LogP contribution in [-0.2, 0) is 4.79 Å². The number of piperazine rings is 1. The molecule has 134 valence electrons. The number of carbonyl (C=O) groups excluding carboxylic acids is 1. The minimum atomic E-state index is -0.147. The molecule has 0 unspecified atom stereocenters. The molecule has 1 amide bonds. The van der Waals surface area contributed by atoms with Gasteiger partial charge in [0.25, 0.3) is 0 Å². The van der Waals surface area contributed by atoms with E-state index in [2.05, 4.69) is 44.7 Å². The lowest BCUT2D eigenvalue weighted by molar-refractivity contribution is -0.130. The molecule has 2 aromatic rings. The highest BCUT2D eigenvalue weighted by atomic mass is 32.2. The highest BCUT2D eigenvalue weighted by Gasteiger charge is 2.26. The van der Waals surface area contributed by atoms with Gasteiger partial charge in [0.2, 0.25) is 11.0 Å². The van der Waals surface area contributed by atoms with Crippen molar-refractivity contribution in [2.24, 2.45) is 0 Å². The summed E-state index contributed by atoms with van der Waals surface area (Å²) < 4.78 is 0.833. The maximum atomic E-state index is 12.7. The quantitative estimate of drug-likeness (QED) is 0.781. The molecule has 1 fully saturated rings. The SMILES string of the molecule is CCNc1nnc(S[C@H](C)C(=O)N2CCN(c3ccccc3)CC2)s1. The van der Waals surface area contributed by atoms with Gasteiger partial charge in [-0.05, 0) is 26.0 Å². The number of nitrogens with zero attached hydrogens (tertiary/aromatic N) is 4. The number of amides is 1. The molecule has 1 N–H and O–H groups in total. The maximum Gasteiger partial charge on any atom is 0.235 e. The number of benzene rings is 1. The molecular weight excluding hydrogens is 354 g/mol. The van der Waals surface area contributed by atoms with E-state index in [1.54, 1.807) is 0 Å². The van der Waals surface area contributed by atoms with E-state index in [1.807, 2.05) is 24.8 Å². The molecule has 2 heterocycles. The average Bonchev–Trinajstić information content (AvgIpc) is 3.09. The summed E-state index contributed by atoms with van der Waals surface area (Å²) in [7, 11) is 0. The van der Waals surface area contributed by atoms with Gasteiger partial charge in [0.05, 0.1) is 5.25 Å². The number of nitrogens with one attached hydrogen (secondary N) is 1. The van der Waals surface area contributed by atoms with Gasteiger partial charge in [-0.3, -0.25) is 4.79 Å². The second-order valence-electron chi connectivity index (χ2n) is 5.81. The highest BCUT2D eigenvalue weighted by Crippen LogP contribution is 2.30. The van der Waals surface area contributed by atoms with Crippen LogP contribution in [-0.4, -0.2) is 59.0 Å². The van der Waals surface area contributed by atoms with Crippen molar-refractivity contribution in [1.29, 1.82) is 0 Å². The summed E-state index contributed by atoms with van der Waals surface area (Å²) in [4.78, 5) is 17.0. The minimum absolute atomic E-state index is 0.147. The molecular formula is C17H23N5OS2. The Bertz CT molecular complexity index is 685. The van der Waals surface area contributed by atoms with Crippen LogP contribution in [0.1, 0.15) is 13.8 Å². The van der Waals surface area contributed by atoms with Gasteiger partial charge in [-0.25, -0.2) is 0 Å². The summed E-state index contributed by atoms with van der Waals surface area (Å²) in [5.74, 6) is 0.179. The first-order chi connectivity index (χ1) is 12.2. The van der Waals surface area contributed by atoms with Crippen LogP contribution in [0.2, 0.25) is 0 Å². The number of rotatable bonds is 6. The zero-order valence-electron chi connectivity index (χ0n) is 14.5. The Morgan fingerprint density at radius 2 is 1.96 bits per heavy atom. The van der Waals surface area contributed by atoms with Gasteiger partial charge in [-0.15, -0.1) is 10.2 Å². The number of thioether (sulfide) groups is 1. The van der Waals surface area contributed by atoms with E-state index < -0.39 is 0 Å². The standard InChI is InChI=1S/C17H23N5OS2/c1-3-18-16-19-20-17(25-16)24-13(2)15(23)22-11-9-21(10-12-22)14-7-5-4-6-8-14/h4-8,13H,3,9-12H2,1-2H3,(H,18,19)/t13-/m1/s1. The van der Waals surface area contributed by atoms with Crippen molar-refractivity contribution in [3.63, 3.8) is 0 Å². The first kappa shape index (κ1) is 18.0. The molecule has 1 atom stereocenters. The fourth-order valence-electron chi connectivity index (χ4n) is 2.76. The Labute approximate surface area is 156 Å². The Balaban J connectivity index is 1.51. The van der Waals surface area contributed by atoms with Gasteiger partial charge in [-0.2, -0.15) is 0 Å². The van der Waals surface area contributed by atoms with E-state index in [0.29, 0.717) is 0 Å². The molecule has 0 spiro atoms. The number of hydrogen-bond acceptors (Lipinski definition) is 7. The molecule has 0 bridgehead atoms. The molecule has 3 rings (SSSR count). The zero-order chi connectivity index (χ0) is 17.6. The monoisotopic (exact) mass is 377 g/mol. The molecule has 0 aliphatic carbocycles. The third-order valence-corrected chi connectivity index (χ3v) is 6.13. The van der Waals surface area contributed by atoms with Crippen LogP contribution in [0, 0.1) is 0 Å². The van der Waals surface area contributed by atoms with Gasteiger partial charge in [0.1, 0.15) is 0 Å². The van der Waals surface area contributed by atoms with Gasteiger partial charge in [-0.1, -0.05) is 41.3 Å². The summed E-state index contributed by atoms with van der Waals surface area (Å²) in [5, 5.41) is 12.0. The molecule has 1 aliphatic heterocycles. The Morgan fingerprint density at radius 3 is 2.64 bits per heavy atom. The fraction of sp³-hybridized carbons (Fsp3) is 0.471. The smallest absolute Gasteiger partial charge is 0.235 e. The molecule has 8 heteroatoms. The topological polar surface area (TPSA) is 61.4 Å². The summed E-state index contributed by atoms with van der Waals surface area (Å²) in [6, 6.07) is 10.4. The van der Waals surface area contributed by atoms with Crippen molar-refractivity contribution >= 4 is 39.8 Å². The minimum Gasteiger partial charge on any atom is -0.368 e. The molecule has 1 aromatic heterocycles. The molecule has 0 saturated carbocycles. The lowest BCUT2D eigenvalue weighted by Gasteiger charge is -2.37. The summed E-state index contributed by atoms with van der Waals surface area (Å²) >= 11 is 2.99. The van der Waals surface area contributed by atoms with Gasteiger partial charge in [0.15, 0.2) is 4.34 Å². The predicted molar refractivity (Wildman–Crippen MR) is 105 cm³/mol. The van der Waals surface area contributed by atoms with Crippen molar-refractivity contribution in [2.75, 3.05) is 42.9 Å². The van der Waals surface area contributed by atoms with Crippen LogP contribution in [0.25, 0.3) is 0 Å². The van der Waals surface area contributed by atoms with Gasteiger partial charge < -0.3 is 15.1 Å². The summed E-state index contributed by atoms with van der Waals surface area (Å²) in [6.45, 7) is 8.06. The van der Waals surface area contributed by atoms with E-state index >= 15 is 0 Å². The highest BCUT2D eigenvalue weighted by molar-refractivity contribution is 8.02. The average molecular weight is 378 g/mol. The van der Waals surface area contributed by atoms with Crippen molar-refractivity contribution in [2.45, 2.75) is 23.4 Å². The molecule has 0 radical (unpaired) electrons. The van der Waals surface area contributed by atoms with E-state index in [1.165, 1.54) is 28.8 Å². The zero-order valence-corrected chi connectivity index (χ0v) is 16.1. The molecule has 1 aliphatic rings. The maximum absolute atomic E-state index is 12.7. The third kappa shape index (κ3) is 4.64. The third-order valence-electron chi connectivity index (χ3n) is 4.07. The lowest BCUT2D eigenvalue weighted by atomic mass is 10.2. The number of carbonyl (C=O) groups is 1. The second kappa shape index (κ2) is 8.53. The van der Waals surface area contributed by atoms with Crippen molar-refractivity contribution < 1.29 is 4.79 Å². The first-order valence-corrected chi connectivity index (χ1v) is 10.2. The van der Waals surface area contributed by atoms with E-state index in [0.717, 1.165) is 42.2 Å². The van der Waals surface area contributed by atoms with Crippen molar-refractivity contribution in [1.82, 2.24) is 15.1 Å². The Morgan fingerprint density at radius 1 is 1.24 bits per heavy atom. The fourth-order valence-corrected chi connectivity index (χ4v) is 4.81. The second-order valence-corrected chi connectivity index (χ2v) is 8.38. The van der Waals surface area contributed by atoms with E-state index in [-0.39, 0.29) is 11.2 Å². The Kier molecular flexibility index (Phi) is 6.14.